The van der Waals surface area contributed by atoms with Crippen molar-refractivity contribution in [2.24, 2.45) is 5.92 Å². The first kappa shape index (κ1) is 21.4. The van der Waals surface area contributed by atoms with Crippen molar-refractivity contribution in [3.63, 3.8) is 0 Å². The Morgan fingerprint density at radius 1 is 1.15 bits per heavy atom. The third-order valence-electron chi connectivity index (χ3n) is 6.46. The van der Waals surface area contributed by atoms with E-state index in [0.717, 1.165) is 82.9 Å². The second-order valence-corrected chi connectivity index (χ2v) is 8.81. The first-order chi connectivity index (χ1) is 16.0. The van der Waals surface area contributed by atoms with E-state index in [1.807, 2.05) is 44.3 Å². The van der Waals surface area contributed by atoms with Gasteiger partial charge in [0.2, 0.25) is 0 Å². The molecule has 4 heterocycles. The maximum Gasteiger partial charge on any atom is 0.307 e. The van der Waals surface area contributed by atoms with Crippen LogP contribution in [0.25, 0.3) is 33.3 Å². The van der Waals surface area contributed by atoms with Gasteiger partial charge in [0, 0.05) is 48.8 Å². The molecule has 1 aromatic carbocycles. The van der Waals surface area contributed by atoms with Crippen LogP contribution in [0.4, 0.5) is 0 Å². The lowest BCUT2D eigenvalue weighted by Crippen LogP contribution is -2.20. The van der Waals surface area contributed by atoms with Crippen LogP contribution in [0.5, 0.6) is 0 Å². The average Bonchev–Trinajstić information content (AvgIpc) is 3.33. The van der Waals surface area contributed by atoms with Crippen molar-refractivity contribution in [3.8, 4) is 22.3 Å². The van der Waals surface area contributed by atoms with Crippen molar-refractivity contribution >= 4 is 17.0 Å². The molecule has 0 saturated carbocycles. The molecule has 1 saturated heterocycles. The molecule has 1 aliphatic heterocycles. The third-order valence-corrected chi connectivity index (χ3v) is 6.46. The number of hydrogen-bond donors (Lipinski definition) is 1. The summed E-state index contributed by atoms with van der Waals surface area (Å²) in [6, 6.07) is 9.90. The smallest absolute Gasteiger partial charge is 0.307 e. The van der Waals surface area contributed by atoms with Crippen molar-refractivity contribution in [2.75, 3.05) is 13.2 Å². The van der Waals surface area contributed by atoms with Crippen LogP contribution < -0.4 is 0 Å². The molecule has 0 spiro atoms. The minimum atomic E-state index is -0.829. The third kappa shape index (κ3) is 4.28. The molecule has 0 atom stereocenters. The maximum absolute atomic E-state index is 11.0. The largest absolute Gasteiger partial charge is 0.481 e. The van der Waals surface area contributed by atoms with Crippen LogP contribution in [-0.2, 0) is 22.5 Å². The molecule has 7 heteroatoms. The lowest BCUT2D eigenvalue weighted by Gasteiger charge is -2.22. The highest BCUT2D eigenvalue weighted by Gasteiger charge is 2.20. The molecule has 1 fully saturated rings. The zero-order valence-corrected chi connectivity index (χ0v) is 18.9. The van der Waals surface area contributed by atoms with Crippen molar-refractivity contribution in [2.45, 2.75) is 39.7 Å². The summed E-state index contributed by atoms with van der Waals surface area (Å²) in [5.74, 6) is 0.512. The van der Waals surface area contributed by atoms with Gasteiger partial charge in [0.25, 0.3) is 0 Å². The van der Waals surface area contributed by atoms with Gasteiger partial charge in [-0.25, -0.2) is 0 Å². The van der Waals surface area contributed by atoms with Gasteiger partial charge in [-0.2, -0.15) is 0 Å². The lowest BCUT2D eigenvalue weighted by molar-refractivity contribution is -0.136. The number of aliphatic carboxylic acids is 1. The normalized spacial score (nSPS) is 14.7. The molecular weight excluding hydrogens is 418 g/mol. The summed E-state index contributed by atoms with van der Waals surface area (Å²) < 4.78 is 13.2. The van der Waals surface area contributed by atoms with E-state index < -0.39 is 5.97 Å². The summed E-state index contributed by atoms with van der Waals surface area (Å²) in [4.78, 5) is 15.9. The number of nitrogens with zero attached hydrogens (tertiary/aromatic N) is 3. The summed E-state index contributed by atoms with van der Waals surface area (Å²) in [5.41, 5.74) is 7.70. The predicted molar refractivity (Wildman–Crippen MR) is 125 cm³/mol. The molecule has 5 rings (SSSR count). The summed E-state index contributed by atoms with van der Waals surface area (Å²) >= 11 is 0. The van der Waals surface area contributed by atoms with Gasteiger partial charge in [-0.05, 0) is 49.8 Å². The number of carbonyl (C=O) groups is 1. The molecule has 33 heavy (non-hydrogen) atoms. The van der Waals surface area contributed by atoms with Gasteiger partial charge in [0.1, 0.15) is 5.76 Å². The van der Waals surface area contributed by atoms with E-state index in [1.54, 1.807) is 0 Å². The Morgan fingerprint density at radius 3 is 2.58 bits per heavy atom. The molecule has 7 nitrogen and oxygen atoms in total. The van der Waals surface area contributed by atoms with Gasteiger partial charge < -0.3 is 18.9 Å². The summed E-state index contributed by atoms with van der Waals surface area (Å²) in [6.07, 6.45) is 6.18. The van der Waals surface area contributed by atoms with Crippen LogP contribution in [0.2, 0.25) is 0 Å². The van der Waals surface area contributed by atoms with E-state index in [-0.39, 0.29) is 6.42 Å². The summed E-state index contributed by atoms with van der Waals surface area (Å²) in [6.45, 7) is 6.39. The highest BCUT2D eigenvalue weighted by molar-refractivity contribution is 5.95. The van der Waals surface area contributed by atoms with Gasteiger partial charge in [-0.1, -0.05) is 29.4 Å². The first-order valence-corrected chi connectivity index (χ1v) is 11.3. The number of ether oxygens (including phenoxy) is 1. The number of fused-ring (bicyclic) bond motifs is 1. The Hall–Kier alpha value is -3.45. The molecule has 0 bridgehead atoms. The van der Waals surface area contributed by atoms with E-state index in [0.29, 0.717) is 5.92 Å². The SMILES string of the molecule is Cc1noc(C)c1-c1cnc2c(-c3ccc(CC(=O)O)cc3)cn(CC3CCOCC3)c2c1. The minimum Gasteiger partial charge on any atom is -0.481 e. The van der Waals surface area contributed by atoms with Crippen LogP contribution in [0, 0.1) is 19.8 Å². The second kappa shape index (κ2) is 8.83. The van der Waals surface area contributed by atoms with Gasteiger partial charge in [-0.15, -0.1) is 0 Å². The van der Waals surface area contributed by atoms with E-state index in [9.17, 15) is 4.79 Å². The first-order valence-electron chi connectivity index (χ1n) is 11.3. The van der Waals surface area contributed by atoms with E-state index in [4.69, 9.17) is 19.4 Å². The Balaban J connectivity index is 1.59. The molecule has 0 amide bonds. The average molecular weight is 446 g/mol. The number of aromatic nitrogens is 3. The van der Waals surface area contributed by atoms with E-state index in [1.165, 1.54) is 0 Å². The summed E-state index contributed by atoms with van der Waals surface area (Å²) in [7, 11) is 0. The number of benzene rings is 1. The number of pyridine rings is 1. The van der Waals surface area contributed by atoms with Crippen molar-refractivity contribution in [3.05, 3.63) is 59.7 Å². The maximum atomic E-state index is 11.0. The topological polar surface area (TPSA) is 90.4 Å². The monoisotopic (exact) mass is 445 g/mol. The summed E-state index contributed by atoms with van der Waals surface area (Å²) in [5, 5.41) is 13.2. The van der Waals surface area contributed by atoms with Gasteiger partial charge in [0.15, 0.2) is 0 Å². The molecular formula is C26H27N3O4. The molecule has 3 aromatic heterocycles. The van der Waals surface area contributed by atoms with Crippen molar-refractivity contribution < 1.29 is 19.2 Å². The molecule has 1 N–H and O–H groups in total. The van der Waals surface area contributed by atoms with E-state index >= 15 is 0 Å². The highest BCUT2D eigenvalue weighted by Crippen LogP contribution is 2.35. The van der Waals surface area contributed by atoms with Crippen molar-refractivity contribution in [1.29, 1.82) is 0 Å². The Bertz CT molecular complexity index is 1280. The fourth-order valence-corrected chi connectivity index (χ4v) is 4.74. The molecule has 0 radical (unpaired) electrons. The van der Waals surface area contributed by atoms with Gasteiger partial charge >= 0.3 is 5.97 Å². The van der Waals surface area contributed by atoms with Crippen LogP contribution in [0.15, 0.2) is 47.2 Å². The number of aryl methyl sites for hydroxylation is 2. The van der Waals surface area contributed by atoms with Crippen LogP contribution in [0.3, 0.4) is 0 Å². The predicted octanol–water partition coefficient (Wildman–Crippen LogP) is 5.03. The Labute approximate surface area is 192 Å². The molecule has 0 aliphatic carbocycles. The molecule has 4 aromatic rings. The minimum absolute atomic E-state index is 0.0187. The fourth-order valence-electron chi connectivity index (χ4n) is 4.74. The van der Waals surface area contributed by atoms with Crippen LogP contribution >= 0.6 is 0 Å². The van der Waals surface area contributed by atoms with Crippen LogP contribution in [-0.4, -0.2) is 39.0 Å². The highest BCUT2D eigenvalue weighted by atomic mass is 16.5. The fraction of sp³-hybridized carbons (Fsp3) is 0.346. The zero-order chi connectivity index (χ0) is 22.9. The molecule has 170 valence electrons. The second-order valence-electron chi connectivity index (χ2n) is 8.81. The standard InChI is InChI=1S/C26H27N3O4/c1-16-25(17(2)33-28-16)21-12-23-26(27-13-21)22(15-29(23)14-19-7-9-32-10-8-19)20-5-3-18(4-6-20)11-24(30)31/h3-6,12-13,15,19H,7-11,14H2,1-2H3,(H,30,31). The zero-order valence-electron chi connectivity index (χ0n) is 18.9. The lowest BCUT2D eigenvalue weighted by atomic mass is 10.0. The molecule has 0 unspecified atom stereocenters. The van der Waals surface area contributed by atoms with Gasteiger partial charge in [0.05, 0.1) is 23.1 Å². The Kier molecular flexibility index (Phi) is 5.72. The van der Waals surface area contributed by atoms with Crippen LogP contribution in [0.1, 0.15) is 29.9 Å². The molecule has 1 aliphatic rings. The number of carboxylic acids is 1. The number of carboxylic acid groups (broad SMARTS) is 1. The Morgan fingerprint density at radius 2 is 1.91 bits per heavy atom. The van der Waals surface area contributed by atoms with Gasteiger partial charge in [-0.3, -0.25) is 9.78 Å². The van der Waals surface area contributed by atoms with E-state index in [2.05, 4.69) is 22.0 Å². The quantitative estimate of drug-likeness (QED) is 0.448. The van der Waals surface area contributed by atoms with Crippen molar-refractivity contribution in [1.82, 2.24) is 14.7 Å². The number of hydrogen-bond acceptors (Lipinski definition) is 5. The number of rotatable bonds is 6.